The third-order valence-corrected chi connectivity index (χ3v) is 6.75. The summed E-state index contributed by atoms with van der Waals surface area (Å²) >= 11 is 0. The van der Waals surface area contributed by atoms with Crippen LogP contribution >= 0.6 is 7.29 Å². The highest BCUT2D eigenvalue weighted by atomic mass is 31.2. The fourth-order valence-corrected chi connectivity index (χ4v) is 5.30. The molecule has 5 heteroatoms. The van der Waals surface area contributed by atoms with Crippen LogP contribution in [0.1, 0.15) is 19.3 Å². The van der Waals surface area contributed by atoms with Gasteiger partial charge in [-0.05, 0) is 25.0 Å². The first-order valence-electron chi connectivity index (χ1n) is 7.54. The number of allylic oxidation sites excluding steroid dienone is 1. The Balaban J connectivity index is 2.11. The molecule has 0 spiro atoms. The molecule has 21 heavy (non-hydrogen) atoms. The summed E-state index contributed by atoms with van der Waals surface area (Å²) < 4.78 is 17.6. The summed E-state index contributed by atoms with van der Waals surface area (Å²) in [6.07, 6.45) is 5.33. The number of piperidine rings is 1. The Kier molecular flexibility index (Phi) is 4.01. The minimum atomic E-state index is -2.62. The second kappa shape index (κ2) is 5.78. The lowest BCUT2D eigenvalue weighted by molar-refractivity contribution is 0.350. The van der Waals surface area contributed by atoms with Gasteiger partial charge in [0.25, 0.3) is 0 Å². The molecule has 1 aromatic heterocycles. The molecule has 1 aliphatic rings. The molecule has 0 aliphatic carbocycles. The zero-order chi connectivity index (χ0) is 14.9. The second-order valence-electron chi connectivity index (χ2n) is 5.69. The molecule has 0 bridgehead atoms. The number of rotatable bonds is 4. The lowest BCUT2D eigenvalue weighted by Crippen LogP contribution is -2.34. The molecule has 2 aromatic rings. The largest absolute Gasteiger partial charge is 0.317 e. The third-order valence-electron chi connectivity index (χ3n) is 4.19. The van der Waals surface area contributed by atoms with Crippen LogP contribution in [-0.4, -0.2) is 34.0 Å². The van der Waals surface area contributed by atoms with Crippen molar-refractivity contribution in [3.05, 3.63) is 36.9 Å². The summed E-state index contributed by atoms with van der Waals surface area (Å²) in [7, 11) is -2.62. The van der Waals surface area contributed by atoms with Gasteiger partial charge in [-0.15, -0.1) is 6.58 Å². The van der Waals surface area contributed by atoms with Crippen LogP contribution in [0.4, 0.5) is 0 Å². The van der Waals surface area contributed by atoms with Crippen molar-refractivity contribution < 1.29 is 4.57 Å². The van der Waals surface area contributed by atoms with Crippen LogP contribution < -0.4 is 5.57 Å². The van der Waals surface area contributed by atoms with Gasteiger partial charge in [0.15, 0.2) is 5.57 Å². The van der Waals surface area contributed by atoms with Crippen molar-refractivity contribution >= 4 is 23.9 Å². The number of para-hydroxylation sites is 2. The van der Waals surface area contributed by atoms with Gasteiger partial charge in [-0.3, -0.25) is 4.57 Å². The van der Waals surface area contributed by atoms with Gasteiger partial charge in [-0.2, -0.15) is 0 Å². The van der Waals surface area contributed by atoms with E-state index in [1.54, 1.807) is 0 Å². The number of aromatic nitrogens is 2. The average Bonchev–Trinajstić information content (AvgIpc) is 2.88. The molecule has 3 rings (SSSR count). The fourth-order valence-electron chi connectivity index (χ4n) is 3.07. The van der Waals surface area contributed by atoms with Crippen LogP contribution in [0.15, 0.2) is 36.9 Å². The van der Waals surface area contributed by atoms with Crippen molar-refractivity contribution in [1.29, 1.82) is 0 Å². The van der Waals surface area contributed by atoms with Crippen molar-refractivity contribution in [3.63, 3.8) is 0 Å². The number of fused-ring (bicyclic) bond motifs is 1. The molecule has 112 valence electrons. The van der Waals surface area contributed by atoms with Crippen LogP contribution in [0, 0.1) is 0 Å². The van der Waals surface area contributed by atoms with E-state index in [1.807, 2.05) is 37.0 Å². The Morgan fingerprint density at radius 1 is 1.29 bits per heavy atom. The monoisotopic (exact) mass is 303 g/mol. The SMILES string of the molecule is C=CCn1c([P@](C)(=O)N2CCCCC2)nc2ccccc21. The summed E-state index contributed by atoms with van der Waals surface area (Å²) in [6.45, 7) is 8.14. The van der Waals surface area contributed by atoms with E-state index in [9.17, 15) is 4.57 Å². The molecule has 4 nitrogen and oxygen atoms in total. The lowest BCUT2D eigenvalue weighted by atomic mass is 10.2. The maximum absolute atomic E-state index is 13.4. The molecule has 0 unspecified atom stereocenters. The van der Waals surface area contributed by atoms with Gasteiger partial charge in [0, 0.05) is 26.3 Å². The molecule has 0 saturated carbocycles. The van der Waals surface area contributed by atoms with Crippen LogP contribution in [-0.2, 0) is 11.1 Å². The van der Waals surface area contributed by atoms with E-state index in [0.717, 1.165) is 37.0 Å². The number of imidazole rings is 1. The third kappa shape index (κ3) is 2.58. The maximum atomic E-state index is 13.4. The molecule has 0 amide bonds. The Hall–Kier alpha value is -1.38. The van der Waals surface area contributed by atoms with E-state index in [2.05, 4.69) is 20.8 Å². The first-order chi connectivity index (χ1) is 10.1. The van der Waals surface area contributed by atoms with Gasteiger partial charge < -0.3 is 4.57 Å². The average molecular weight is 303 g/mol. The van der Waals surface area contributed by atoms with Gasteiger partial charge in [0.05, 0.1) is 11.0 Å². The molecule has 1 aliphatic heterocycles. The molecule has 1 atom stereocenters. The van der Waals surface area contributed by atoms with Gasteiger partial charge in [0.1, 0.15) is 0 Å². The molecule has 1 fully saturated rings. The smallest absolute Gasteiger partial charge is 0.209 e. The Bertz CT molecular complexity index is 701. The summed E-state index contributed by atoms with van der Waals surface area (Å²) in [5.41, 5.74) is 2.66. The molecule has 1 saturated heterocycles. The zero-order valence-corrected chi connectivity index (χ0v) is 13.4. The summed E-state index contributed by atoms with van der Waals surface area (Å²) in [5, 5.41) is 0. The van der Waals surface area contributed by atoms with Crippen molar-refractivity contribution in [2.24, 2.45) is 0 Å². The Labute approximate surface area is 125 Å². The van der Waals surface area contributed by atoms with Crippen molar-refractivity contribution in [2.45, 2.75) is 25.8 Å². The van der Waals surface area contributed by atoms with Crippen molar-refractivity contribution in [3.8, 4) is 0 Å². The Morgan fingerprint density at radius 2 is 2.00 bits per heavy atom. The molecule has 0 N–H and O–H groups in total. The van der Waals surface area contributed by atoms with E-state index >= 15 is 0 Å². The van der Waals surface area contributed by atoms with E-state index in [4.69, 9.17) is 0 Å². The molecule has 0 radical (unpaired) electrons. The van der Waals surface area contributed by atoms with Gasteiger partial charge in [-0.1, -0.05) is 24.6 Å². The second-order valence-corrected chi connectivity index (χ2v) is 8.42. The van der Waals surface area contributed by atoms with E-state index in [1.165, 1.54) is 6.42 Å². The van der Waals surface area contributed by atoms with Gasteiger partial charge in [0.2, 0.25) is 7.29 Å². The lowest BCUT2D eigenvalue weighted by Gasteiger charge is -2.31. The Morgan fingerprint density at radius 3 is 2.71 bits per heavy atom. The van der Waals surface area contributed by atoms with Crippen LogP contribution in [0.25, 0.3) is 11.0 Å². The topological polar surface area (TPSA) is 38.1 Å². The fraction of sp³-hybridized carbons (Fsp3) is 0.438. The molecular weight excluding hydrogens is 281 g/mol. The predicted molar refractivity (Wildman–Crippen MR) is 88.5 cm³/mol. The quantitative estimate of drug-likeness (QED) is 0.643. The minimum Gasteiger partial charge on any atom is -0.317 e. The highest BCUT2D eigenvalue weighted by Crippen LogP contribution is 2.46. The van der Waals surface area contributed by atoms with E-state index < -0.39 is 7.29 Å². The first kappa shape index (κ1) is 14.6. The van der Waals surface area contributed by atoms with Crippen LogP contribution in [0.5, 0.6) is 0 Å². The highest BCUT2D eigenvalue weighted by Gasteiger charge is 2.33. The van der Waals surface area contributed by atoms with Crippen molar-refractivity contribution in [1.82, 2.24) is 14.2 Å². The van der Waals surface area contributed by atoms with Crippen LogP contribution in [0.2, 0.25) is 0 Å². The standard InChI is InChI=1S/C16H22N3OP/c1-3-11-19-15-10-6-5-9-14(15)17-16(19)21(2,20)18-12-7-4-8-13-18/h3,5-6,9-10H,1,4,7-8,11-13H2,2H3/t21-/m0/s1. The summed E-state index contributed by atoms with van der Waals surface area (Å²) in [4.78, 5) is 4.69. The highest BCUT2D eigenvalue weighted by molar-refractivity contribution is 7.68. The first-order valence-corrected chi connectivity index (χ1v) is 9.65. The molecule has 2 heterocycles. The number of nitrogens with zero attached hydrogens (tertiary/aromatic N) is 3. The van der Waals surface area contributed by atoms with E-state index in [-0.39, 0.29) is 0 Å². The molecule has 1 aromatic carbocycles. The number of hydrogen-bond donors (Lipinski definition) is 0. The number of hydrogen-bond acceptors (Lipinski definition) is 2. The summed E-state index contributed by atoms with van der Waals surface area (Å²) in [6, 6.07) is 7.98. The van der Waals surface area contributed by atoms with Crippen molar-refractivity contribution in [2.75, 3.05) is 19.8 Å². The number of benzene rings is 1. The van der Waals surface area contributed by atoms with Gasteiger partial charge >= 0.3 is 0 Å². The van der Waals surface area contributed by atoms with E-state index in [0.29, 0.717) is 12.1 Å². The van der Waals surface area contributed by atoms with Gasteiger partial charge in [-0.25, -0.2) is 9.65 Å². The normalized spacial score (nSPS) is 19.5. The predicted octanol–water partition coefficient (Wildman–Crippen LogP) is 3.24. The maximum Gasteiger partial charge on any atom is 0.209 e. The molecular formula is C16H22N3OP. The zero-order valence-electron chi connectivity index (χ0n) is 12.5. The minimum absolute atomic E-state index is 0.640. The van der Waals surface area contributed by atoms with Crippen LogP contribution in [0.3, 0.4) is 0 Å². The summed E-state index contributed by atoms with van der Waals surface area (Å²) in [5.74, 6) is 0.